The average Bonchev–Trinajstić information content (AvgIpc) is 2.24. The Morgan fingerprint density at radius 2 is 1.89 bits per heavy atom. The van der Waals surface area contributed by atoms with Crippen LogP contribution in [0.25, 0.3) is 0 Å². The van der Waals surface area contributed by atoms with Gasteiger partial charge in [0.2, 0.25) is 0 Å². The molecule has 0 aromatic heterocycles. The highest BCUT2D eigenvalue weighted by Gasteiger charge is 2.18. The maximum absolute atomic E-state index is 13.6. The molecule has 0 aliphatic heterocycles. The lowest BCUT2D eigenvalue weighted by molar-refractivity contribution is -0.991. The molecular formula is C13H20FNO3. The predicted octanol–water partition coefficient (Wildman–Crippen LogP) is 2.24. The van der Waals surface area contributed by atoms with E-state index in [1.807, 2.05) is 20.8 Å². The zero-order valence-corrected chi connectivity index (χ0v) is 10.9. The summed E-state index contributed by atoms with van der Waals surface area (Å²) < 4.78 is 18.9. The number of halogens is 1. The van der Waals surface area contributed by atoms with E-state index in [1.165, 1.54) is 24.3 Å². The summed E-state index contributed by atoms with van der Waals surface area (Å²) in [4.78, 5) is 0. The van der Waals surface area contributed by atoms with Crippen LogP contribution in [0.15, 0.2) is 24.3 Å². The third-order valence-electron chi connectivity index (χ3n) is 2.37. The Morgan fingerprint density at radius 1 is 1.33 bits per heavy atom. The van der Waals surface area contributed by atoms with Crippen LogP contribution in [0.2, 0.25) is 0 Å². The van der Waals surface area contributed by atoms with Crippen LogP contribution >= 0.6 is 0 Å². The lowest BCUT2D eigenvalue weighted by Gasteiger charge is -2.21. The van der Waals surface area contributed by atoms with Gasteiger partial charge in [0.15, 0.2) is 5.69 Å². The first kappa shape index (κ1) is 14.9. The summed E-state index contributed by atoms with van der Waals surface area (Å²) in [6, 6.07) is 5.95. The van der Waals surface area contributed by atoms with E-state index in [2.05, 4.69) is 0 Å². The van der Waals surface area contributed by atoms with Crippen molar-refractivity contribution in [1.29, 1.82) is 0 Å². The van der Waals surface area contributed by atoms with Crippen LogP contribution in [0.1, 0.15) is 27.2 Å². The minimum Gasteiger partial charge on any atom is -0.595 e. The zero-order valence-electron chi connectivity index (χ0n) is 10.9. The van der Waals surface area contributed by atoms with Gasteiger partial charge in [-0.2, -0.15) is 5.23 Å². The predicted molar refractivity (Wildman–Crippen MR) is 66.7 cm³/mol. The Bertz CT molecular complexity index is 359. The maximum Gasteiger partial charge on any atom is 0.164 e. The van der Waals surface area contributed by atoms with E-state index in [0.29, 0.717) is 12.2 Å². The Morgan fingerprint density at radius 3 is 2.33 bits per heavy atom. The van der Waals surface area contributed by atoms with Crippen LogP contribution in [0.3, 0.4) is 0 Å². The molecule has 0 bridgehead atoms. The fraction of sp³-hybridized carbons (Fsp3) is 0.538. The Kier molecular flexibility index (Phi) is 5.07. The molecule has 2 unspecified atom stereocenters. The summed E-state index contributed by atoms with van der Waals surface area (Å²) in [5.74, 6) is 0.483. The molecule has 102 valence electrons. The molecule has 0 fully saturated rings. The highest BCUT2D eigenvalue weighted by molar-refractivity contribution is 5.35. The van der Waals surface area contributed by atoms with Crippen molar-refractivity contribution in [1.82, 2.24) is 0 Å². The van der Waals surface area contributed by atoms with Crippen molar-refractivity contribution in [3.63, 3.8) is 0 Å². The van der Waals surface area contributed by atoms with Crippen molar-refractivity contribution in [3.05, 3.63) is 29.5 Å². The molecule has 1 rings (SSSR count). The summed E-state index contributed by atoms with van der Waals surface area (Å²) in [5.41, 5.74) is 0.115. The van der Waals surface area contributed by atoms with E-state index < -0.39 is 11.4 Å². The van der Waals surface area contributed by atoms with Gasteiger partial charge in [-0.3, -0.25) is 0 Å². The van der Waals surface area contributed by atoms with Gasteiger partial charge in [-0.05, 0) is 24.0 Å². The Balaban J connectivity index is 2.44. The van der Waals surface area contributed by atoms with Gasteiger partial charge in [0.25, 0.3) is 0 Å². The molecule has 0 spiro atoms. The molecule has 2 N–H and O–H groups in total. The van der Waals surface area contributed by atoms with E-state index >= 15 is 0 Å². The molecular weight excluding hydrogens is 237 g/mol. The fourth-order valence-corrected chi connectivity index (χ4v) is 1.60. The lowest BCUT2D eigenvalue weighted by Crippen LogP contribution is -2.99. The number of ether oxygens (including phenoxy) is 1. The molecule has 0 aliphatic carbocycles. The van der Waals surface area contributed by atoms with Gasteiger partial charge in [-0.25, -0.2) is 9.60 Å². The zero-order chi connectivity index (χ0) is 13.8. The summed E-state index contributed by atoms with van der Waals surface area (Å²) in [7, 11) is 0. The van der Waals surface area contributed by atoms with Gasteiger partial charge in [0.1, 0.15) is 18.5 Å². The summed E-state index contributed by atoms with van der Waals surface area (Å²) in [6.45, 7) is 5.91. The third-order valence-corrected chi connectivity index (χ3v) is 2.37. The number of rotatable bonds is 5. The van der Waals surface area contributed by atoms with E-state index in [4.69, 9.17) is 9.94 Å². The standard InChI is InChI=1S/C13H20FNO3/c1-13(2,3)8-10(14)9-18-12-6-4-11(5-7-12)15(16)17/h4-7,10,15-16H,8-9H2,1-3H3. The van der Waals surface area contributed by atoms with Crippen molar-refractivity contribution in [3.8, 4) is 5.75 Å². The number of quaternary nitrogens is 1. The number of hydrogen-bond acceptors (Lipinski definition) is 3. The van der Waals surface area contributed by atoms with Crippen molar-refractivity contribution in [2.75, 3.05) is 6.61 Å². The Labute approximate surface area is 107 Å². The van der Waals surface area contributed by atoms with Crippen LogP contribution in [0, 0.1) is 10.6 Å². The normalized spacial score (nSPS) is 15.2. The molecule has 5 heteroatoms. The van der Waals surface area contributed by atoms with Gasteiger partial charge in [-0.15, -0.1) is 0 Å². The minimum atomic E-state index is -1.02. The van der Waals surface area contributed by atoms with E-state index in [0.717, 1.165) is 0 Å². The second-order valence-electron chi connectivity index (χ2n) is 5.50. The second kappa shape index (κ2) is 6.13. The number of nitrogens with one attached hydrogen (secondary N) is 1. The molecule has 0 saturated heterocycles. The van der Waals surface area contributed by atoms with E-state index in [-0.39, 0.29) is 17.7 Å². The molecule has 0 heterocycles. The van der Waals surface area contributed by atoms with Gasteiger partial charge >= 0.3 is 0 Å². The summed E-state index contributed by atoms with van der Waals surface area (Å²) in [5, 5.41) is 18.4. The summed E-state index contributed by atoms with van der Waals surface area (Å²) in [6.07, 6.45) is -0.593. The maximum atomic E-state index is 13.6. The van der Waals surface area contributed by atoms with Crippen LogP contribution in [0.4, 0.5) is 10.1 Å². The smallest absolute Gasteiger partial charge is 0.164 e. The first-order chi connectivity index (χ1) is 8.28. The minimum absolute atomic E-state index is 0.0102. The van der Waals surface area contributed by atoms with Crippen LogP contribution in [-0.4, -0.2) is 18.0 Å². The van der Waals surface area contributed by atoms with Crippen molar-refractivity contribution >= 4 is 5.69 Å². The van der Waals surface area contributed by atoms with Crippen LogP contribution < -0.4 is 9.96 Å². The first-order valence-corrected chi connectivity index (χ1v) is 5.88. The van der Waals surface area contributed by atoms with Crippen LogP contribution in [-0.2, 0) is 0 Å². The molecule has 18 heavy (non-hydrogen) atoms. The highest BCUT2D eigenvalue weighted by atomic mass is 19.1. The molecule has 0 aliphatic rings. The molecule has 0 radical (unpaired) electrons. The third kappa shape index (κ3) is 5.44. The molecule has 1 aromatic rings. The number of alkyl halides is 1. The molecule has 2 atom stereocenters. The van der Waals surface area contributed by atoms with Crippen molar-refractivity contribution < 1.29 is 19.6 Å². The summed E-state index contributed by atoms with van der Waals surface area (Å²) >= 11 is 0. The molecule has 0 amide bonds. The van der Waals surface area contributed by atoms with Crippen molar-refractivity contribution in [2.24, 2.45) is 5.41 Å². The lowest BCUT2D eigenvalue weighted by atomic mass is 9.90. The quantitative estimate of drug-likeness (QED) is 0.795. The largest absolute Gasteiger partial charge is 0.595 e. The number of benzene rings is 1. The van der Waals surface area contributed by atoms with Crippen LogP contribution in [0.5, 0.6) is 5.75 Å². The van der Waals surface area contributed by atoms with Gasteiger partial charge in [0, 0.05) is 12.1 Å². The van der Waals surface area contributed by atoms with E-state index in [1.54, 1.807) is 0 Å². The highest BCUT2D eigenvalue weighted by Crippen LogP contribution is 2.23. The second-order valence-corrected chi connectivity index (χ2v) is 5.50. The first-order valence-electron chi connectivity index (χ1n) is 5.88. The molecule has 4 nitrogen and oxygen atoms in total. The van der Waals surface area contributed by atoms with E-state index in [9.17, 15) is 9.60 Å². The fourth-order valence-electron chi connectivity index (χ4n) is 1.60. The average molecular weight is 257 g/mol. The Hall–Kier alpha value is -1.17. The van der Waals surface area contributed by atoms with Crippen molar-refractivity contribution in [2.45, 2.75) is 33.4 Å². The molecule has 1 aromatic carbocycles. The topological polar surface area (TPSA) is 57.0 Å². The van der Waals surface area contributed by atoms with Gasteiger partial charge in [0.05, 0.1) is 0 Å². The monoisotopic (exact) mass is 257 g/mol. The number of hydrogen-bond donors (Lipinski definition) is 2. The molecule has 0 saturated carbocycles. The SMILES string of the molecule is CC(C)(C)CC(F)COc1ccc([NH+]([O-])O)cc1. The van der Waals surface area contributed by atoms with Gasteiger partial charge in [-0.1, -0.05) is 20.8 Å². The van der Waals surface area contributed by atoms with Gasteiger partial charge < -0.3 is 9.94 Å².